The molecule has 9 heteroatoms. The zero-order chi connectivity index (χ0) is 22.3. The van der Waals surface area contributed by atoms with E-state index in [0.29, 0.717) is 16.5 Å². The topological polar surface area (TPSA) is 99.1 Å². The third-order valence-electron chi connectivity index (χ3n) is 3.93. The molecule has 2 rings (SSSR count). The minimum atomic E-state index is -2.77. The van der Waals surface area contributed by atoms with Gasteiger partial charge in [0.1, 0.15) is 11.5 Å². The Kier molecular flexibility index (Phi) is 8.23. The molecule has 0 bridgehead atoms. The second kappa shape index (κ2) is 10.4. The lowest BCUT2D eigenvalue weighted by Gasteiger charge is -2.23. The molecule has 0 aliphatic rings. The maximum Gasteiger partial charge on any atom is 0.350 e. The molecule has 7 nitrogen and oxygen atoms in total. The molecule has 1 N–H and O–H groups in total. The van der Waals surface area contributed by atoms with E-state index in [2.05, 4.69) is 0 Å². The lowest BCUT2D eigenvalue weighted by atomic mass is 9.93. The van der Waals surface area contributed by atoms with Crippen molar-refractivity contribution < 1.29 is 33.7 Å². The van der Waals surface area contributed by atoms with Gasteiger partial charge in [-0.2, -0.15) is 0 Å². The number of rotatable bonds is 9. The van der Waals surface area contributed by atoms with Gasteiger partial charge in [0.25, 0.3) is 5.60 Å². The Bertz CT molecular complexity index is 907. The van der Waals surface area contributed by atoms with Gasteiger partial charge in [0.15, 0.2) is 5.78 Å². The van der Waals surface area contributed by atoms with Crippen molar-refractivity contribution in [3.05, 3.63) is 58.1 Å². The smallest absolute Gasteiger partial charge is 0.350 e. The first kappa shape index (κ1) is 23.7. The summed E-state index contributed by atoms with van der Waals surface area (Å²) in [6.45, 7) is 2.82. The summed E-state index contributed by atoms with van der Waals surface area (Å²) in [5.41, 5.74) is -2.78. The summed E-state index contributed by atoms with van der Waals surface area (Å²) in [5, 5.41) is 11.1. The summed E-state index contributed by atoms with van der Waals surface area (Å²) >= 11 is 12.0. The standard InChI is InChI=1S/C21H20Cl2O7/c1-3-28-19(25)21(27,20(26)29-4-2)12-18(24)16-10-9-15(11-17(16)23)30-14-7-5-13(22)6-8-14/h5-11,27H,3-4,12H2,1-2H3. The first-order valence-electron chi connectivity index (χ1n) is 9.04. The van der Waals surface area contributed by atoms with Gasteiger partial charge in [-0.05, 0) is 50.2 Å². The fourth-order valence-corrected chi connectivity index (χ4v) is 2.88. The molecule has 30 heavy (non-hydrogen) atoms. The van der Waals surface area contributed by atoms with Crippen LogP contribution in [0.2, 0.25) is 10.0 Å². The molecule has 0 amide bonds. The largest absolute Gasteiger partial charge is 0.463 e. The third kappa shape index (κ3) is 5.72. The molecule has 0 aliphatic heterocycles. The lowest BCUT2D eigenvalue weighted by Crippen LogP contribution is -2.50. The van der Waals surface area contributed by atoms with Crippen LogP contribution in [0.15, 0.2) is 42.5 Å². The first-order chi connectivity index (χ1) is 14.2. The summed E-state index contributed by atoms with van der Waals surface area (Å²) in [5.74, 6) is -2.42. The Hall–Kier alpha value is -2.61. The van der Waals surface area contributed by atoms with Crippen LogP contribution in [0.25, 0.3) is 0 Å². The van der Waals surface area contributed by atoms with Crippen LogP contribution < -0.4 is 4.74 Å². The van der Waals surface area contributed by atoms with Crippen LogP contribution in [0.1, 0.15) is 30.6 Å². The number of Topliss-reactive ketones (excluding diaryl/α,β-unsaturated/α-hetero) is 1. The minimum absolute atomic E-state index is 0.00727. The summed E-state index contributed by atoms with van der Waals surface area (Å²) in [6.07, 6.45) is -0.887. The first-order valence-corrected chi connectivity index (χ1v) is 9.79. The zero-order valence-electron chi connectivity index (χ0n) is 16.3. The van der Waals surface area contributed by atoms with Crippen molar-refractivity contribution in [1.82, 2.24) is 0 Å². The number of aliphatic hydroxyl groups is 1. The monoisotopic (exact) mass is 454 g/mol. The highest BCUT2D eigenvalue weighted by Crippen LogP contribution is 2.29. The molecular formula is C21H20Cl2O7. The predicted octanol–water partition coefficient (Wildman–Crippen LogP) is 4.22. The van der Waals surface area contributed by atoms with Gasteiger partial charge >= 0.3 is 11.9 Å². The summed E-state index contributed by atoms with van der Waals surface area (Å²) in [7, 11) is 0. The molecule has 0 heterocycles. The number of ether oxygens (including phenoxy) is 3. The van der Waals surface area contributed by atoms with Gasteiger partial charge in [-0.25, -0.2) is 9.59 Å². The van der Waals surface area contributed by atoms with Gasteiger partial charge in [-0.1, -0.05) is 23.2 Å². The number of benzene rings is 2. The Balaban J connectivity index is 2.22. The van der Waals surface area contributed by atoms with E-state index in [1.165, 1.54) is 32.0 Å². The molecule has 0 unspecified atom stereocenters. The molecule has 0 saturated carbocycles. The highest BCUT2D eigenvalue weighted by atomic mass is 35.5. The van der Waals surface area contributed by atoms with Gasteiger partial charge in [0, 0.05) is 16.7 Å². The second-order valence-corrected chi connectivity index (χ2v) is 6.94. The van der Waals surface area contributed by atoms with Crippen LogP contribution in [-0.4, -0.2) is 41.6 Å². The van der Waals surface area contributed by atoms with Crippen LogP contribution in [-0.2, 0) is 19.1 Å². The number of esters is 2. The molecule has 0 atom stereocenters. The van der Waals surface area contributed by atoms with Crippen LogP contribution in [0, 0.1) is 0 Å². The van der Waals surface area contributed by atoms with E-state index in [1.54, 1.807) is 24.3 Å². The fraction of sp³-hybridized carbons (Fsp3) is 0.286. The Morgan fingerprint density at radius 1 is 0.900 bits per heavy atom. The zero-order valence-corrected chi connectivity index (χ0v) is 17.8. The van der Waals surface area contributed by atoms with Crippen LogP contribution >= 0.6 is 23.2 Å². The highest BCUT2D eigenvalue weighted by Gasteiger charge is 2.49. The van der Waals surface area contributed by atoms with Crippen LogP contribution in [0.3, 0.4) is 0 Å². The van der Waals surface area contributed by atoms with Gasteiger partial charge in [-0.3, -0.25) is 4.79 Å². The Morgan fingerprint density at radius 2 is 1.43 bits per heavy atom. The maximum atomic E-state index is 12.7. The van der Waals surface area contributed by atoms with E-state index in [-0.39, 0.29) is 23.8 Å². The Morgan fingerprint density at radius 3 is 1.93 bits per heavy atom. The summed E-state index contributed by atoms with van der Waals surface area (Å²) in [4.78, 5) is 36.9. The van der Waals surface area contributed by atoms with Crippen molar-refractivity contribution in [1.29, 1.82) is 0 Å². The number of ketones is 1. The molecule has 0 aliphatic carbocycles. The van der Waals surface area contributed by atoms with Gasteiger partial charge in [-0.15, -0.1) is 0 Å². The summed E-state index contributed by atoms with van der Waals surface area (Å²) < 4.78 is 15.1. The van der Waals surface area contributed by atoms with E-state index in [1.807, 2.05) is 0 Å². The molecular weight excluding hydrogens is 435 g/mol. The predicted molar refractivity (Wildman–Crippen MR) is 110 cm³/mol. The van der Waals surface area contributed by atoms with E-state index in [0.717, 1.165) is 0 Å². The van der Waals surface area contributed by atoms with Crippen molar-refractivity contribution in [2.75, 3.05) is 13.2 Å². The van der Waals surface area contributed by atoms with E-state index < -0.39 is 29.7 Å². The average Bonchev–Trinajstić information content (AvgIpc) is 2.70. The maximum absolute atomic E-state index is 12.7. The van der Waals surface area contributed by atoms with Gasteiger partial charge < -0.3 is 19.3 Å². The van der Waals surface area contributed by atoms with E-state index >= 15 is 0 Å². The van der Waals surface area contributed by atoms with Crippen molar-refractivity contribution in [3.8, 4) is 11.5 Å². The van der Waals surface area contributed by atoms with Gasteiger partial charge in [0.2, 0.25) is 0 Å². The van der Waals surface area contributed by atoms with Crippen molar-refractivity contribution >= 4 is 40.9 Å². The minimum Gasteiger partial charge on any atom is -0.463 e. The average molecular weight is 455 g/mol. The lowest BCUT2D eigenvalue weighted by molar-refractivity contribution is -0.182. The SMILES string of the molecule is CCOC(=O)C(O)(CC(=O)c1ccc(Oc2ccc(Cl)cc2)cc1Cl)C(=O)OCC. The van der Waals surface area contributed by atoms with Gasteiger partial charge in [0.05, 0.1) is 24.7 Å². The molecule has 160 valence electrons. The number of halogens is 2. The van der Waals surface area contributed by atoms with E-state index in [9.17, 15) is 19.5 Å². The number of hydrogen-bond acceptors (Lipinski definition) is 7. The van der Waals surface area contributed by atoms with Crippen LogP contribution in [0.5, 0.6) is 11.5 Å². The van der Waals surface area contributed by atoms with Crippen molar-refractivity contribution in [2.24, 2.45) is 0 Å². The van der Waals surface area contributed by atoms with Crippen molar-refractivity contribution in [3.63, 3.8) is 0 Å². The number of carbonyl (C=O) groups is 3. The van der Waals surface area contributed by atoms with E-state index in [4.69, 9.17) is 37.4 Å². The second-order valence-electron chi connectivity index (χ2n) is 6.10. The summed E-state index contributed by atoms with van der Waals surface area (Å²) in [6, 6.07) is 10.9. The molecule has 0 fully saturated rings. The molecule has 0 radical (unpaired) electrons. The Labute approximate surface area is 183 Å². The molecule has 0 saturated heterocycles. The molecule has 2 aromatic rings. The number of hydrogen-bond donors (Lipinski definition) is 1. The van der Waals surface area contributed by atoms with Crippen LogP contribution in [0.4, 0.5) is 0 Å². The molecule has 0 spiro atoms. The molecule has 2 aromatic carbocycles. The third-order valence-corrected chi connectivity index (χ3v) is 4.50. The fourth-order valence-electron chi connectivity index (χ4n) is 2.48. The van der Waals surface area contributed by atoms with Crippen molar-refractivity contribution in [2.45, 2.75) is 25.9 Å². The number of carbonyl (C=O) groups excluding carboxylic acids is 3. The normalized spacial score (nSPS) is 11.0. The molecule has 0 aromatic heterocycles. The quantitative estimate of drug-likeness (QED) is 0.344. The highest BCUT2D eigenvalue weighted by molar-refractivity contribution is 6.34.